The number of aryl methyl sites for hydroxylation is 1. The second-order valence-electron chi connectivity index (χ2n) is 5.15. The Bertz CT molecular complexity index is 705. The summed E-state index contributed by atoms with van der Waals surface area (Å²) >= 11 is 0. The van der Waals surface area contributed by atoms with E-state index in [4.69, 9.17) is 4.42 Å². The number of para-hydroxylation sites is 1. The predicted octanol–water partition coefficient (Wildman–Crippen LogP) is 2.57. The highest BCUT2D eigenvalue weighted by molar-refractivity contribution is 6.02. The van der Waals surface area contributed by atoms with Crippen molar-refractivity contribution in [3.8, 4) is 0 Å². The zero-order valence-corrected chi connectivity index (χ0v) is 11.9. The second kappa shape index (κ2) is 5.09. The van der Waals surface area contributed by atoms with E-state index < -0.39 is 6.04 Å². The quantitative estimate of drug-likeness (QED) is 0.875. The molecular weight excluding hydrogens is 268 g/mol. The minimum Gasteiger partial charge on any atom is -0.469 e. The van der Waals surface area contributed by atoms with E-state index in [1.54, 1.807) is 24.8 Å². The molecule has 0 radical (unpaired) electrons. The summed E-state index contributed by atoms with van der Waals surface area (Å²) in [6.07, 6.45) is 1.49. The van der Waals surface area contributed by atoms with E-state index in [1.165, 1.54) is 6.26 Å². The average Bonchev–Trinajstić information content (AvgIpc) is 2.85. The van der Waals surface area contributed by atoms with Gasteiger partial charge in [0.25, 0.3) is 5.91 Å². The number of amides is 2. The molecule has 2 aromatic rings. The first-order chi connectivity index (χ1) is 10.1. The van der Waals surface area contributed by atoms with Gasteiger partial charge in [0.05, 0.1) is 11.8 Å². The van der Waals surface area contributed by atoms with Gasteiger partial charge in [-0.05, 0) is 31.5 Å². The van der Waals surface area contributed by atoms with Crippen LogP contribution in [-0.4, -0.2) is 22.8 Å². The molecule has 1 aliphatic rings. The molecule has 0 saturated carbocycles. The summed E-state index contributed by atoms with van der Waals surface area (Å²) in [5.41, 5.74) is 2.17. The van der Waals surface area contributed by atoms with E-state index in [9.17, 15) is 9.59 Å². The van der Waals surface area contributed by atoms with E-state index >= 15 is 0 Å². The first kappa shape index (κ1) is 13.4. The first-order valence-corrected chi connectivity index (χ1v) is 6.82. The second-order valence-corrected chi connectivity index (χ2v) is 5.15. The van der Waals surface area contributed by atoms with Crippen molar-refractivity contribution in [2.24, 2.45) is 0 Å². The molecule has 0 saturated heterocycles. The Morgan fingerprint density at radius 3 is 2.81 bits per heavy atom. The van der Waals surface area contributed by atoms with Gasteiger partial charge in [0.15, 0.2) is 0 Å². The normalized spacial score (nSPS) is 17.9. The molecule has 3 rings (SSSR count). The van der Waals surface area contributed by atoms with E-state index in [0.29, 0.717) is 17.9 Å². The van der Waals surface area contributed by atoms with E-state index in [-0.39, 0.29) is 11.8 Å². The Balaban J connectivity index is 2.00. The zero-order valence-electron chi connectivity index (χ0n) is 11.9. The number of nitrogens with zero attached hydrogens (tertiary/aromatic N) is 1. The number of fused-ring (bicyclic) bond motifs is 1. The molecule has 21 heavy (non-hydrogen) atoms. The lowest BCUT2D eigenvalue weighted by Gasteiger charge is -2.25. The Hall–Kier alpha value is -2.56. The lowest BCUT2D eigenvalue weighted by atomic mass is 10.1. The van der Waals surface area contributed by atoms with E-state index in [0.717, 1.165) is 11.3 Å². The van der Waals surface area contributed by atoms with Gasteiger partial charge in [-0.3, -0.25) is 9.59 Å². The van der Waals surface area contributed by atoms with Crippen molar-refractivity contribution in [2.75, 3.05) is 5.32 Å². The standard InChI is InChI=1S/C16H16N2O3/c1-10-15(19)17-14-6-4-3-5-12(14)9-18(10)16(20)13-7-8-21-11(13)2/h3-8,10H,9H2,1-2H3,(H,17,19). The molecule has 1 aromatic heterocycles. The molecule has 1 N–H and O–H groups in total. The van der Waals surface area contributed by atoms with Crippen molar-refractivity contribution < 1.29 is 14.0 Å². The minimum atomic E-state index is -0.542. The molecule has 5 heteroatoms. The summed E-state index contributed by atoms with van der Waals surface area (Å²) in [5.74, 6) is 0.181. The minimum absolute atomic E-state index is 0.186. The molecular formula is C16H16N2O3. The van der Waals surface area contributed by atoms with Gasteiger partial charge in [0, 0.05) is 12.2 Å². The summed E-state index contributed by atoms with van der Waals surface area (Å²) in [4.78, 5) is 26.5. The molecule has 1 aromatic carbocycles. The van der Waals surface area contributed by atoms with Gasteiger partial charge in [0.1, 0.15) is 11.8 Å². The molecule has 2 amide bonds. The van der Waals surface area contributed by atoms with Crippen LogP contribution in [0, 0.1) is 6.92 Å². The monoisotopic (exact) mass is 284 g/mol. The highest BCUT2D eigenvalue weighted by Gasteiger charge is 2.31. The molecule has 5 nitrogen and oxygen atoms in total. The van der Waals surface area contributed by atoms with Crippen molar-refractivity contribution in [3.63, 3.8) is 0 Å². The number of rotatable bonds is 1. The van der Waals surface area contributed by atoms with Gasteiger partial charge in [0.2, 0.25) is 5.91 Å². The molecule has 1 atom stereocenters. The molecule has 1 aliphatic heterocycles. The fourth-order valence-corrected chi connectivity index (χ4v) is 2.49. The number of carbonyl (C=O) groups is 2. The van der Waals surface area contributed by atoms with Crippen LogP contribution < -0.4 is 5.32 Å². The molecule has 1 unspecified atom stereocenters. The van der Waals surface area contributed by atoms with Gasteiger partial charge in [-0.15, -0.1) is 0 Å². The van der Waals surface area contributed by atoms with Gasteiger partial charge in [-0.25, -0.2) is 0 Å². The third kappa shape index (κ3) is 2.31. The topological polar surface area (TPSA) is 62.6 Å². The van der Waals surface area contributed by atoms with Gasteiger partial charge in [-0.2, -0.15) is 0 Å². The third-order valence-corrected chi connectivity index (χ3v) is 3.81. The third-order valence-electron chi connectivity index (χ3n) is 3.81. The lowest BCUT2D eigenvalue weighted by molar-refractivity contribution is -0.120. The molecule has 0 bridgehead atoms. The van der Waals surface area contributed by atoms with Crippen LogP contribution in [0.2, 0.25) is 0 Å². The first-order valence-electron chi connectivity index (χ1n) is 6.82. The van der Waals surface area contributed by atoms with Crippen molar-refractivity contribution in [1.82, 2.24) is 4.90 Å². The number of hydrogen-bond donors (Lipinski definition) is 1. The molecule has 108 valence electrons. The number of furan rings is 1. The Labute approximate surface area is 122 Å². The zero-order chi connectivity index (χ0) is 15.0. The number of carbonyl (C=O) groups excluding carboxylic acids is 2. The Morgan fingerprint density at radius 2 is 2.10 bits per heavy atom. The van der Waals surface area contributed by atoms with Crippen LogP contribution in [0.4, 0.5) is 5.69 Å². The van der Waals surface area contributed by atoms with E-state index in [2.05, 4.69) is 5.32 Å². The fourth-order valence-electron chi connectivity index (χ4n) is 2.49. The molecule has 0 fully saturated rings. The maximum Gasteiger partial charge on any atom is 0.258 e. The largest absolute Gasteiger partial charge is 0.469 e. The van der Waals surface area contributed by atoms with Crippen LogP contribution in [-0.2, 0) is 11.3 Å². The number of benzene rings is 1. The Morgan fingerprint density at radius 1 is 1.33 bits per heavy atom. The lowest BCUT2D eigenvalue weighted by Crippen LogP contribution is -2.43. The van der Waals surface area contributed by atoms with Gasteiger partial charge >= 0.3 is 0 Å². The average molecular weight is 284 g/mol. The van der Waals surface area contributed by atoms with Crippen LogP contribution in [0.3, 0.4) is 0 Å². The van der Waals surface area contributed by atoms with Crippen molar-refractivity contribution in [2.45, 2.75) is 26.4 Å². The molecule has 0 aliphatic carbocycles. The highest BCUT2D eigenvalue weighted by atomic mass is 16.3. The highest BCUT2D eigenvalue weighted by Crippen LogP contribution is 2.25. The van der Waals surface area contributed by atoms with Gasteiger partial charge < -0.3 is 14.6 Å². The van der Waals surface area contributed by atoms with Crippen molar-refractivity contribution >= 4 is 17.5 Å². The SMILES string of the molecule is Cc1occc1C(=O)N1Cc2ccccc2NC(=O)C1C. The van der Waals surface area contributed by atoms with Crippen LogP contribution in [0.15, 0.2) is 41.0 Å². The van der Waals surface area contributed by atoms with Crippen LogP contribution in [0.25, 0.3) is 0 Å². The summed E-state index contributed by atoms with van der Waals surface area (Å²) in [5, 5.41) is 2.86. The maximum absolute atomic E-state index is 12.7. The Kier molecular flexibility index (Phi) is 3.25. The maximum atomic E-state index is 12.7. The van der Waals surface area contributed by atoms with Crippen molar-refractivity contribution in [1.29, 1.82) is 0 Å². The summed E-state index contributed by atoms with van der Waals surface area (Å²) < 4.78 is 5.19. The number of hydrogen-bond acceptors (Lipinski definition) is 3. The smallest absolute Gasteiger partial charge is 0.258 e. The fraction of sp³-hybridized carbons (Fsp3) is 0.250. The van der Waals surface area contributed by atoms with Gasteiger partial charge in [-0.1, -0.05) is 18.2 Å². The van der Waals surface area contributed by atoms with Crippen LogP contribution in [0.1, 0.15) is 28.6 Å². The van der Waals surface area contributed by atoms with Crippen LogP contribution >= 0.6 is 0 Å². The number of anilines is 1. The van der Waals surface area contributed by atoms with E-state index in [1.807, 2.05) is 24.3 Å². The van der Waals surface area contributed by atoms with Crippen molar-refractivity contribution in [3.05, 3.63) is 53.5 Å². The summed E-state index contributed by atoms with van der Waals surface area (Å²) in [6, 6.07) is 8.61. The summed E-state index contributed by atoms with van der Waals surface area (Å²) in [6.45, 7) is 3.86. The van der Waals surface area contributed by atoms with Crippen LogP contribution in [0.5, 0.6) is 0 Å². The number of nitrogens with one attached hydrogen (secondary N) is 1. The predicted molar refractivity (Wildman–Crippen MR) is 77.9 cm³/mol. The molecule has 0 spiro atoms. The summed E-state index contributed by atoms with van der Waals surface area (Å²) in [7, 11) is 0. The molecule has 2 heterocycles.